The van der Waals surface area contributed by atoms with Crippen LogP contribution in [-0.2, 0) is 4.74 Å². The molecule has 2 amide bonds. The zero-order valence-electron chi connectivity index (χ0n) is 20.2. The molecule has 23 heteroatoms. The van der Waals surface area contributed by atoms with E-state index >= 15 is 0 Å². The van der Waals surface area contributed by atoms with E-state index in [2.05, 4.69) is 4.74 Å². The highest BCUT2D eigenvalue weighted by atomic mass is 19.4. The van der Waals surface area contributed by atoms with E-state index in [0.717, 1.165) is 5.43 Å². The minimum Gasteiger partial charge on any atom is -0.529 e. The molecule has 6 nitrogen and oxygen atoms in total. The Hall–Kier alpha value is -2.65. The lowest BCUT2D eigenvalue weighted by Gasteiger charge is -2.43. The van der Waals surface area contributed by atoms with E-state index in [-0.39, 0.29) is 25.7 Å². The van der Waals surface area contributed by atoms with Crippen molar-refractivity contribution in [1.29, 1.82) is 0 Å². The Morgan fingerprint density at radius 1 is 0.643 bits per heavy atom. The normalized spacial score (nSPS) is 17.9. The van der Waals surface area contributed by atoms with Gasteiger partial charge in [0.15, 0.2) is 6.09 Å². The maximum Gasteiger partial charge on any atom is 0.460 e. The van der Waals surface area contributed by atoms with Gasteiger partial charge in [0.25, 0.3) is 0 Å². The maximum atomic E-state index is 14.3. The predicted molar refractivity (Wildman–Crippen MR) is 98.4 cm³/mol. The van der Waals surface area contributed by atoms with Gasteiger partial charge in [0.2, 0.25) is 0 Å². The number of amides is 2. The van der Waals surface area contributed by atoms with Gasteiger partial charge in [-0.25, -0.2) is 10.2 Å². The molecule has 1 atom stereocenters. The summed E-state index contributed by atoms with van der Waals surface area (Å²) >= 11 is 0. The van der Waals surface area contributed by atoms with Crippen LogP contribution in [-0.4, -0.2) is 65.9 Å². The minimum atomic E-state index is -8.72. The first kappa shape index (κ1) is 37.4. The van der Waals surface area contributed by atoms with Gasteiger partial charge in [0.05, 0.1) is 0 Å². The van der Waals surface area contributed by atoms with Gasteiger partial charge in [-0.3, -0.25) is 5.43 Å². The number of rotatable bonds is 11. The van der Waals surface area contributed by atoms with Gasteiger partial charge >= 0.3 is 53.7 Å². The number of hydrazine groups is 1. The molecule has 1 fully saturated rings. The smallest absolute Gasteiger partial charge is 0.460 e. The van der Waals surface area contributed by atoms with E-state index in [9.17, 15) is 89.3 Å². The van der Waals surface area contributed by atoms with Gasteiger partial charge in [-0.15, -0.1) is 0 Å². The zero-order valence-corrected chi connectivity index (χ0v) is 20.2. The van der Waals surface area contributed by atoms with Crippen LogP contribution in [0.3, 0.4) is 0 Å². The van der Waals surface area contributed by atoms with Crippen LogP contribution in [0, 0.1) is 5.92 Å². The van der Waals surface area contributed by atoms with E-state index < -0.39 is 84.7 Å². The summed E-state index contributed by atoms with van der Waals surface area (Å²) < 4.78 is 233. The van der Waals surface area contributed by atoms with Gasteiger partial charge in [0, 0.05) is 6.42 Å². The summed E-state index contributed by atoms with van der Waals surface area (Å²) in [6.45, 7) is 0. The first-order valence-electron chi connectivity index (χ1n) is 11.2. The molecule has 0 aromatic carbocycles. The molecule has 2 N–H and O–H groups in total. The lowest BCUT2D eigenvalue weighted by molar-refractivity contribution is -0.461. The number of hydrogen-bond acceptors (Lipinski definition) is 4. The molecular weight excluding hydrogens is 643 g/mol. The molecule has 248 valence electrons. The van der Waals surface area contributed by atoms with E-state index in [1.54, 1.807) is 0 Å². The third kappa shape index (κ3) is 6.47. The predicted octanol–water partition coefficient (Wildman–Crippen LogP) is 6.30. The standard InChI is InChI=1S/C19H19F17N2O4/c20-12(21,7-6-9(8-4-2-1-3-5-8)42-11(41)38-37-10(39)40)13(22,23)14(24,25)15(26,27)16(28,29)17(30,31)18(32,33)19(34,35)36/h8-9,37H,1-7H2,(H,38,41)(H,39,40)/p-1. The Morgan fingerprint density at radius 3 is 1.45 bits per heavy atom. The van der Waals surface area contributed by atoms with Crippen LogP contribution in [0.5, 0.6) is 0 Å². The van der Waals surface area contributed by atoms with E-state index in [1.165, 1.54) is 5.43 Å². The average Bonchev–Trinajstić information content (AvgIpc) is 2.84. The van der Waals surface area contributed by atoms with E-state index in [1.807, 2.05) is 0 Å². The van der Waals surface area contributed by atoms with Crippen molar-refractivity contribution in [1.82, 2.24) is 10.9 Å². The van der Waals surface area contributed by atoms with Crippen LogP contribution >= 0.6 is 0 Å². The number of hydrogen-bond donors (Lipinski definition) is 2. The zero-order chi connectivity index (χ0) is 33.4. The molecule has 1 unspecified atom stereocenters. The summed E-state index contributed by atoms with van der Waals surface area (Å²) in [6.07, 6.45) is -17.2. The van der Waals surface area contributed by atoms with E-state index in [0.29, 0.717) is 6.42 Å². The van der Waals surface area contributed by atoms with Crippen LogP contribution in [0.4, 0.5) is 84.2 Å². The fourth-order valence-corrected chi connectivity index (χ4v) is 3.84. The van der Waals surface area contributed by atoms with Crippen LogP contribution < -0.4 is 16.0 Å². The molecule has 0 aromatic rings. The molecule has 1 aliphatic carbocycles. The first-order chi connectivity index (χ1) is 18.5. The summed E-state index contributed by atoms with van der Waals surface area (Å²) in [7, 11) is 0. The molecule has 1 rings (SSSR count). The van der Waals surface area contributed by atoms with E-state index in [4.69, 9.17) is 0 Å². The topological polar surface area (TPSA) is 90.5 Å². The molecule has 0 saturated heterocycles. The Balaban J connectivity index is 3.38. The van der Waals surface area contributed by atoms with Crippen molar-refractivity contribution >= 4 is 12.2 Å². The second-order valence-electron chi connectivity index (χ2n) is 9.07. The highest BCUT2D eigenvalue weighted by Gasteiger charge is 2.95. The van der Waals surface area contributed by atoms with Crippen LogP contribution in [0.1, 0.15) is 44.9 Å². The van der Waals surface area contributed by atoms with Crippen molar-refractivity contribution in [2.75, 3.05) is 0 Å². The number of alkyl halides is 17. The SMILES string of the molecule is O=C([O-])NNC(=O)OC(CCC(F)(F)C(F)(F)C(F)(F)C(F)(F)C(F)(F)C(F)(F)C(F)(F)C(F)(F)F)C1CCCCC1. The Bertz CT molecular complexity index is 964. The van der Waals surface area contributed by atoms with Gasteiger partial charge in [-0.2, -0.15) is 74.6 Å². The van der Waals surface area contributed by atoms with Crippen molar-refractivity contribution < 1.29 is 94.1 Å². The third-order valence-electron chi connectivity index (χ3n) is 6.23. The highest BCUT2D eigenvalue weighted by Crippen LogP contribution is 2.64. The number of carboxylic acid groups (broad SMARTS) is 1. The van der Waals surface area contributed by atoms with Crippen molar-refractivity contribution in [3.8, 4) is 0 Å². The van der Waals surface area contributed by atoms with Crippen LogP contribution in [0.15, 0.2) is 0 Å². The second-order valence-corrected chi connectivity index (χ2v) is 9.07. The third-order valence-corrected chi connectivity index (χ3v) is 6.23. The lowest BCUT2D eigenvalue weighted by atomic mass is 9.82. The fourth-order valence-electron chi connectivity index (χ4n) is 3.84. The van der Waals surface area contributed by atoms with Gasteiger partial charge in [-0.05, 0) is 25.2 Å². The summed E-state index contributed by atoms with van der Waals surface area (Å²) in [5, 5.41) is 10.3. The monoisotopic (exact) mass is 661 g/mol. The lowest BCUT2D eigenvalue weighted by Crippen LogP contribution is -2.74. The number of carbonyl (C=O) groups is 2. The number of ether oxygens (including phenoxy) is 1. The van der Waals surface area contributed by atoms with Crippen molar-refractivity contribution in [3.63, 3.8) is 0 Å². The summed E-state index contributed by atoms with van der Waals surface area (Å²) in [4.78, 5) is 21.9. The molecule has 0 bridgehead atoms. The molecule has 0 aliphatic heterocycles. The van der Waals surface area contributed by atoms with Gasteiger partial charge in [-0.1, -0.05) is 19.3 Å². The van der Waals surface area contributed by atoms with Crippen molar-refractivity contribution in [3.05, 3.63) is 0 Å². The molecule has 1 aliphatic rings. The second kappa shape index (κ2) is 11.8. The average molecular weight is 661 g/mol. The molecular formula is C19H18F17N2O4-. The Kier molecular flexibility index (Phi) is 10.5. The molecule has 0 spiro atoms. The minimum absolute atomic E-state index is 0.0171. The molecule has 0 radical (unpaired) electrons. The van der Waals surface area contributed by atoms with Crippen molar-refractivity contribution in [2.45, 2.75) is 98.7 Å². The van der Waals surface area contributed by atoms with Gasteiger partial charge in [0.1, 0.15) is 6.10 Å². The van der Waals surface area contributed by atoms with Crippen LogP contribution in [0.2, 0.25) is 0 Å². The van der Waals surface area contributed by atoms with Crippen LogP contribution in [0.25, 0.3) is 0 Å². The molecule has 1 saturated carbocycles. The highest BCUT2D eigenvalue weighted by molar-refractivity contribution is 5.71. The number of carbonyl (C=O) groups excluding carboxylic acids is 2. The fraction of sp³-hybridized carbons (Fsp3) is 0.895. The maximum absolute atomic E-state index is 14.3. The first-order valence-corrected chi connectivity index (χ1v) is 11.2. The summed E-state index contributed by atoms with van der Waals surface area (Å²) in [6, 6.07) is 0. The molecule has 0 heterocycles. The number of nitrogens with one attached hydrogen (secondary N) is 2. The largest absolute Gasteiger partial charge is 0.529 e. The molecule has 0 aromatic heterocycles. The van der Waals surface area contributed by atoms with Crippen molar-refractivity contribution in [2.24, 2.45) is 5.92 Å². The Morgan fingerprint density at radius 2 is 1.05 bits per heavy atom. The van der Waals surface area contributed by atoms with Gasteiger partial charge < -0.3 is 14.6 Å². The molecule has 42 heavy (non-hydrogen) atoms. The quantitative estimate of drug-likeness (QED) is 0.201. The Labute approximate surface area is 222 Å². The summed E-state index contributed by atoms with van der Waals surface area (Å²) in [5.74, 6) is -58.2. The summed E-state index contributed by atoms with van der Waals surface area (Å²) in [5.41, 5.74) is 2.36. The number of halogens is 17.